The Morgan fingerprint density at radius 3 is 2.58 bits per heavy atom. The molecule has 2 bridgehead atoms. The van der Waals surface area contributed by atoms with Crippen molar-refractivity contribution in [1.82, 2.24) is 4.90 Å². The third-order valence-corrected chi connectivity index (χ3v) is 4.79. The van der Waals surface area contributed by atoms with Gasteiger partial charge in [-0.1, -0.05) is 18.0 Å². The van der Waals surface area contributed by atoms with E-state index in [0.717, 1.165) is 36.1 Å². The van der Waals surface area contributed by atoms with E-state index in [2.05, 4.69) is 4.90 Å². The molecule has 2 unspecified atom stereocenters. The topological polar surface area (TPSA) is 20.3 Å². The molecule has 1 aromatic rings. The van der Waals surface area contributed by atoms with Crippen molar-refractivity contribution in [2.75, 3.05) is 13.1 Å². The number of fused-ring (bicyclic) bond motifs is 2. The van der Waals surface area contributed by atoms with E-state index < -0.39 is 0 Å². The van der Waals surface area contributed by atoms with E-state index in [1.807, 2.05) is 25.1 Å². The zero-order valence-corrected chi connectivity index (χ0v) is 12.1. The van der Waals surface area contributed by atoms with Gasteiger partial charge in [-0.25, -0.2) is 0 Å². The largest absolute Gasteiger partial charge is 0.338 e. The predicted molar refractivity (Wildman–Crippen MR) is 77.5 cm³/mol. The maximum absolute atomic E-state index is 12.6. The molecule has 3 rings (SSSR count). The molecule has 102 valence electrons. The second-order valence-electron chi connectivity index (χ2n) is 6.07. The summed E-state index contributed by atoms with van der Waals surface area (Å²) in [4.78, 5) is 14.7. The standard InChI is InChI=1S/C16H20ClNO/c1-11-7-14(17)5-6-15(11)16(19)18-9-12-3-2-4-13(8-12)10-18/h5-7,12-13H,2-4,8-10H2,1H3. The van der Waals surface area contributed by atoms with Crippen LogP contribution in [-0.2, 0) is 0 Å². The first-order chi connectivity index (χ1) is 9.13. The lowest BCUT2D eigenvalue weighted by Gasteiger charge is -2.41. The van der Waals surface area contributed by atoms with E-state index in [4.69, 9.17) is 11.6 Å². The zero-order valence-electron chi connectivity index (χ0n) is 11.4. The molecular formula is C16H20ClNO. The molecule has 1 saturated heterocycles. The highest BCUT2D eigenvalue weighted by atomic mass is 35.5. The summed E-state index contributed by atoms with van der Waals surface area (Å²) in [5, 5.41) is 0.699. The molecular weight excluding hydrogens is 258 g/mol. The minimum absolute atomic E-state index is 0.186. The van der Waals surface area contributed by atoms with Crippen LogP contribution in [0.4, 0.5) is 0 Å². The Bertz CT molecular complexity index is 488. The summed E-state index contributed by atoms with van der Waals surface area (Å²) in [7, 11) is 0. The Morgan fingerprint density at radius 2 is 1.95 bits per heavy atom. The van der Waals surface area contributed by atoms with E-state index in [1.54, 1.807) is 0 Å². The highest BCUT2D eigenvalue weighted by Crippen LogP contribution is 2.35. The molecule has 1 amide bonds. The number of likely N-dealkylation sites (tertiary alicyclic amines) is 1. The first-order valence-corrected chi connectivity index (χ1v) is 7.56. The molecule has 2 nitrogen and oxygen atoms in total. The van der Waals surface area contributed by atoms with Crippen molar-refractivity contribution in [3.05, 3.63) is 34.3 Å². The maximum atomic E-state index is 12.6. The number of benzene rings is 1. The van der Waals surface area contributed by atoms with Gasteiger partial charge in [-0.15, -0.1) is 0 Å². The van der Waals surface area contributed by atoms with Gasteiger partial charge >= 0.3 is 0 Å². The van der Waals surface area contributed by atoms with Gasteiger partial charge in [-0.05, 0) is 61.8 Å². The number of carbonyl (C=O) groups excluding carboxylic acids is 1. The van der Waals surface area contributed by atoms with Gasteiger partial charge in [0.25, 0.3) is 5.91 Å². The second kappa shape index (κ2) is 5.16. The summed E-state index contributed by atoms with van der Waals surface area (Å²) in [5.74, 6) is 1.64. The molecule has 0 N–H and O–H groups in total. The van der Waals surface area contributed by atoms with Gasteiger partial charge < -0.3 is 4.90 Å². The molecule has 0 radical (unpaired) electrons. The third kappa shape index (κ3) is 2.64. The summed E-state index contributed by atoms with van der Waals surface area (Å²) in [6, 6.07) is 5.55. The van der Waals surface area contributed by atoms with E-state index in [1.165, 1.54) is 25.7 Å². The highest BCUT2D eigenvalue weighted by molar-refractivity contribution is 6.30. The summed E-state index contributed by atoms with van der Waals surface area (Å²) in [6.07, 6.45) is 5.25. The van der Waals surface area contributed by atoms with Crippen LogP contribution in [0.5, 0.6) is 0 Å². The number of aryl methyl sites for hydroxylation is 1. The normalized spacial score (nSPS) is 26.3. The number of carbonyl (C=O) groups is 1. The Kier molecular flexibility index (Phi) is 3.53. The maximum Gasteiger partial charge on any atom is 0.254 e. The molecule has 19 heavy (non-hydrogen) atoms. The number of hydrogen-bond donors (Lipinski definition) is 0. The van der Waals surface area contributed by atoms with Crippen LogP contribution in [0.15, 0.2) is 18.2 Å². The molecule has 1 saturated carbocycles. The summed E-state index contributed by atoms with van der Waals surface area (Å²) in [5.41, 5.74) is 1.79. The number of nitrogens with zero attached hydrogens (tertiary/aromatic N) is 1. The Labute approximate surface area is 119 Å². The lowest BCUT2D eigenvalue weighted by molar-refractivity contribution is 0.0504. The summed E-state index contributed by atoms with van der Waals surface area (Å²) >= 11 is 5.96. The van der Waals surface area contributed by atoms with Crippen LogP contribution in [0.1, 0.15) is 41.6 Å². The lowest BCUT2D eigenvalue weighted by atomic mass is 9.78. The van der Waals surface area contributed by atoms with E-state index in [0.29, 0.717) is 5.02 Å². The number of rotatable bonds is 1. The van der Waals surface area contributed by atoms with Gasteiger partial charge in [-0.2, -0.15) is 0 Å². The molecule has 1 heterocycles. The number of hydrogen-bond acceptors (Lipinski definition) is 1. The minimum atomic E-state index is 0.186. The Morgan fingerprint density at radius 1 is 1.26 bits per heavy atom. The molecule has 3 heteroatoms. The van der Waals surface area contributed by atoms with E-state index in [-0.39, 0.29) is 5.91 Å². The smallest absolute Gasteiger partial charge is 0.254 e. The fourth-order valence-electron chi connectivity index (χ4n) is 3.64. The van der Waals surface area contributed by atoms with Gasteiger partial charge in [0.1, 0.15) is 0 Å². The van der Waals surface area contributed by atoms with Crippen molar-refractivity contribution < 1.29 is 4.79 Å². The zero-order chi connectivity index (χ0) is 13.4. The van der Waals surface area contributed by atoms with Crippen LogP contribution in [0.2, 0.25) is 5.02 Å². The molecule has 2 aliphatic rings. The van der Waals surface area contributed by atoms with E-state index in [9.17, 15) is 4.79 Å². The monoisotopic (exact) mass is 277 g/mol. The van der Waals surface area contributed by atoms with E-state index >= 15 is 0 Å². The average molecular weight is 278 g/mol. The third-order valence-electron chi connectivity index (χ3n) is 4.55. The van der Waals surface area contributed by atoms with Gasteiger partial charge in [-0.3, -0.25) is 4.79 Å². The first-order valence-electron chi connectivity index (χ1n) is 7.19. The number of piperidine rings is 1. The van der Waals surface area contributed by atoms with Crippen LogP contribution < -0.4 is 0 Å². The summed E-state index contributed by atoms with van der Waals surface area (Å²) < 4.78 is 0. The van der Waals surface area contributed by atoms with Gasteiger partial charge in [0, 0.05) is 23.7 Å². The van der Waals surface area contributed by atoms with Crippen LogP contribution in [0.25, 0.3) is 0 Å². The molecule has 2 atom stereocenters. The van der Waals surface area contributed by atoms with Gasteiger partial charge in [0.05, 0.1) is 0 Å². The molecule has 1 aliphatic heterocycles. The van der Waals surface area contributed by atoms with Crippen LogP contribution in [0, 0.1) is 18.8 Å². The summed E-state index contributed by atoms with van der Waals surface area (Å²) in [6.45, 7) is 3.85. The molecule has 2 fully saturated rings. The lowest BCUT2D eigenvalue weighted by Crippen LogP contribution is -2.45. The van der Waals surface area contributed by atoms with Crippen LogP contribution in [-0.4, -0.2) is 23.9 Å². The fourth-order valence-corrected chi connectivity index (χ4v) is 3.86. The second-order valence-corrected chi connectivity index (χ2v) is 6.50. The Balaban J connectivity index is 1.80. The fraction of sp³-hybridized carbons (Fsp3) is 0.562. The predicted octanol–water partition coefficient (Wildman–Crippen LogP) is 3.91. The molecule has 0 aromatic heterocycles. The molecule has 1 aromatic carbocycles. The average Bonchev–Trinajstić information content (AvgIpc) is 2.37. The first kappa shape index (κ1) is 13.0. The van der Waals surface area contributed by atoms with Gasteiger partial charge in [0.15, 0.2) is 0 Å². The minimum Gasteiger partial charge on any atom is -0.338 e. The molecule has 0 spiro atoms. The SMILES string of the molecule is Cc1cc(Cl)ccc1C(=O)N1CC2CCCC(C2)C1. The van der Waals surface area contributed by atoms with Crippen molar-refractivity contribution in [3.63, 3.8) is 0 Å². The van der Waals surface area contributed by atoms with Gasteiger partial charge in [0.2, 0.25) is 0 Å². The number of amides is 1. The van der Waals surface area contributed by atoms with Crippen LogP contribution >= 0.6 is 11.6 Å². The highest BCUT2D eigenvalue weighted by Gasteiger charge is 2.33. The Hall–Kier alpha value is -1.02. The quantitative estimate of drug-likeness (QED) is 0.762. The van der Waals surface area contributed by atoms with Crippen LogP contribution in [0.3, 0.4) is 0 Å². The molecule has 1 aliphatic carbocycles. The van der Waals surface area contributed by atoms with Crippen molar-refractivity contribution in [1.29, 1.82) is 0 Å². The number of halogens is 1. The van der Waals surface area contributed by atoms with Crippen molar-refractivity contribution in [3.8, 4) is 0 Å². The van der Waals surface area contributed by atoms with Crippen molar-refractivity contribution in [2.45, 2.75) is 32.6 Å². The van der Waals surface area contributed by atoms with Crippen molar-refractivity contribution >= 4 is 17.5 Å². The van der Waals surface area contributed by atoms with Crippen molar-refractivity contribution in [2.24, 2.45) is 11.8 Å².